The summed E-state index contributed by atoms with van der Waals surface area (Å²) in [6, 6.07) is 2.29. The lowest BCUT2D eigenvalue weighted by Gasteiger charge is -2.05. The maximum atomic E-state index is 5.96. The molecule has 0 amide bonds. The van der Waals surface area contributed by atoms with Crippen LogP contribution in [0.15, 0.2) is 14.3 Å². The van der Waals surface area contributed by atoms with Crippen molar-refractivity contribution in [3.8, 4) is 0 Å². The van der Waals surface area contributed by atoms with E-state index < -0.39 is 0 Å². The normalized spacial score (nSPS) is 13.3. The Bertz CT molecular complexity index is 240. The third-order valence-electron chi connectivity index (χ3n) is 1.63. The molecule has 12 heavy (non-hydrogen) atoms. The Balaban J connectivity index is 2.74. The third-order valence-corrected chi connectivity index (χ3v) is 5.02. The van der Waals surface area contributed by atoms with Gasteiger partial charge in [-0.2, -0.15) is 0 Å². The SMILES string of the molecule is CCCC(N)c1cc(Br)c(Br)s1. The molecule has 1 rings (SSSR count). The quantitative estimate of drug-likeness (QED) is 0.894. The molecular weight excluding hydrogens is 302 g/mol. The average Bonchev–Trinajstić information content (AvgIpc) is 2.33. The van der Waals surface area contributed by atoms with E-state index in [4.69, 9.17) is 5.73 Å². The van der Waals surface area contributed by atoms with Crippen LogP contribution in [0.2, 0.25) is 0 Å². The van der Waals surface area contributed by atoms with Gasteiger partial charge in [-0.25, -0.2) is 0 Å². The summed E-state index contributed by atoms with van der Waals surface area (Å²) in [5.74, 6) is 0. The van der Waals surface area contributed by atoms with Gasteiger partial charge in [0.2, 0.25) is 0 Å². The molecule has 1 aromatic heterocycles. The van der Waals surface area contributed by atoms with Gasteiger partial charge in [0.05, 0.1) is 3.79 Å². The monoisotopic (exact) mass is 311 g/mol. The average molecular weight is 313 g/mol. The van der Waals surface area contributed by atoms with Crippen LogP contribution in [0.1, 0.15) is 30.7 Å². The van der Waals surface area contributed by atoms with E-state index in [1.807, 2.05) is 0 Å². The second-order valence-corrected chi connectivity index (χ2v) is 5.92. The van der Waals surface area contributed by atoms with E-state index in [0.29, 0.717) is 0 Å². The summed E-state index contributed by atoms with van der Waals surface area (Å²) in [4.78, 5) is 1.25. The van der Waals surface area contributed by atoms with Gasteiger partial charge < -0.3 is 5.73 Å². The molecule has 2 N–H and O–H groups in total. The van der Waals surface area contributed by atoms with Crippen molar-refractivity contribution in [1.82, 2.24) is 0 Å². The molecule has 0 fully saturated rings. The first-order valence-corrected chi connectivity index (χ1v) is 6.25. The molecule has 1 unspecified atom stereocenters. The Morgan fingerprint density at radius 2 is 2.25 bits per heavy atom. The molecule has 0 saturated carbocycles. The van der Waals surface area contributed by atoms with Crippen LogP contribution in [0.3, 0.4) is 0 Å². The van der Waals surface area contributed by atoms with E-state index in [1.165, 1.54) is 4.88 Å². The fourth-order valence-electron chi connectivity index (χ4n) is 0.999. The van der Waals surface area contributed by atoms with Crippen LogP contribution in [-0.2, 0) is 0 Å². The highest BCUT2D eigenvalue weighted by Crippen LogP contribution is 2.35. The Hall–Kier alpha value is 0.620. The maximum Gasteiger partial charge on any atom is 0.0843 e. The van der Waals surface area contributed by atoms with E-state index >= 15 is 0 Å². The first-order chi connectivity index (χ1) is 5.65. The zero-order valence-electron chi connectivity index (χ0n) is 6.81. The first kappa shape index (κ1) is 10.7. The molecule has 0 aliphatic heterocycles. The van der Waals surface area contributed by atoms with E-state index in [1.54, 1.807) is 11.3 Å². The van der Waals surface area contributed by atoms with E-state index in [-0.39, 0.29) is 6.04 Å². The molecule has 0 aliphatic carbocycles. The number of rotatable bonds is 3. The van der Waals surface area contributed by atoms with Crippen LogP contribution in [0.5, 0.6) is 0 Å². The predicted molar refractivity (Wildman–Crippen MR) is 61.6 cm³/mol. The third kappa shape index (κ3) is 2.55. The van der Waals surface area contributed by atoms with Gasteiger partial charge in [0.25, 0.3) is 0 Å². The van der Waals surface area contributed by atoms with E-state index in [0.717, 1.165) is 21.1 Å². The minimum Gasteiger partial charge on any atom is -0.323 e. The van der Waals surface area contributed by atoms with Crippen molar-refractivity contribution in [2.24, 2.45) is 5.73 Å². The van der Waals surface area contributed by atoms with Crippen molar-refractivity contribution in [3.05, 3.63) is 19.2 Å². The topological polar surface area (TPSA) is 26.0 Å². The zero-order chi connectivity index (χ0) is 9.14. The van der Waals surface area contributed by atoms with Crippen molar-refractivity contribution in [1.29, 1.82) is 0 Å². The largest absolute Gasteiger partial charge is 0.323 e. The molecule has 0 aromatic carbocycles. The molecule has 0 bridgehead atoms. The van der Waals surface area contributed by atoms with Gasteiger partial charge in [-0.3, -0.25) is 0 Å². The highest BCUT2D eigenvalue weighted by Gasteiger charge is 2.10. The summed E-state index contributed by atoms with van der Waals surface area (Å²) in [6.07, 6.45) is 2.19. The van der Waals surface area contributed by atoms with Crippen LogP contribution in [0, 0.1) is 0 Å². The summed E-state index contributed by atoms with van der Waals surface area (Å²) in [5, 5.41) is 0. The van der Waals surface area contributed by atoms with Crippen LogP contribution >= 0.6 is 43.2 Å². The first-order valence-electron chi connectivity index (χ1n) is 3.85. The number of thiophene rings is 1. The molecule has 1 nitrogen and oxygen atoms in total. The lowest BCUT2D eigenvalue weighted by molar-refractivity contribution is 0.648. The van der Waals surface area contributed by atoms with E-state index in [2.05, 4.69) is 44.8 Å². The van der Waals surface area contributed by atoms with Crippen molar-refractivity contribution in [2.75, 3.05) is 0 Å². The summed E-state index contributed by atoms with van der Waals surface area (Å²) >= 11 is 8.60. The van der Waals surface area contributed by atoms with Crippen molar-refractivity contribution < 1.29 is 0 Å². The highest BCUT2D eigenvalue weighted by atomic mass is 79.9. The Kier molecular flexibility index (Phi) is 4.23. The number of hydrogen-bond donors (Lipinski definition) is 1. The molecule has 1 heterocycles. The summed E-state index contributed by atoms with van der Waals surface area (Å²) in [7, 11) is 0. The summed E-state index contributed by atoms with van der Waals surface area (Å²) in [6.45, 7) is 2.15. The molecular formula is C8H11Br2NS. The van der Waals surface area contributed by atoms with Crippen molar-refractivity contribution in [3.63, 3.8) is 0 Å². The van der Waals surface area contributed by atoms with Crippen LogP contribution < -0.4 is 5.73 Å². The van der Waals surface area contributed by atoms with Crippen LogP contribution in [0.25, 0.3) is 0 Å². The van der Waals surface area contributed by atoms with Crippen LogP contribution in [0.4, 0.5) is 0 Å². The number of hydrogen-bond acceptors (Lipinski definition) is 2. The molecule has 4 heteroatoms. The Labute approximate surface area is 93.6 Å². The van der Waals surface area contributed by atoms with Gasteiger partial charge in [-0.05, 0) is 44.3 Å². The lowest BCUT2D eigenvalue weighted by atomic mass is 10.1. The molecule has 0 saturated heterocycles. The molecule has 0 aliphatic rings. The van der Waals surface area contributed by atoms with Gasteiger partial charge in [0, 0.05) is 15.4 Å². The molecule has 0 spiro atoms. The van der Waals surface area contributed by atoms with Gasteiger partial charge in [0.1, 0.15) is 0 Å². The summed E-state index contributed by atoms with van der Waals surface area (Å²) < 4.78 is 2.23. The van der Waals surface area contributed by atoms with Gasteiger partial charge in [0.15, 0.2) is 0 Å². The number of halogens is 2. The van der Waals surface area contributed by atoms with Crippen LogP contribution in [-0.4, -0.2) is 0 Å². The van der Waals surface area contributed by atoms with E-state index in [9.17, 15) is 0 Å². The molecule has 1 aromatic rings. The number of nitrogens with two attached hydrogens (primary N) is 1. The summed E-state index contributed by atoms with van der Waals surface area (Å²) in [5.41, 5.74) is 5.96. The minimum atomic E-state index is 0.197. The fourth-order valence-corrected chi connectivity index (χ4v) is 3.12. The zero-order valence-corrected chi connectivity index (χ0v) is 10.8. The van der Waals surface area contributed by atoms with Gasteiger partial charge >= 0.3 is 0 Å². The predicted octanol–water partition coefficient (Wildman–Crippen LogP) is 4.07. The minimum absolute atomic E-state index is 0.197. The lowest BCUT2D eigenvalue weighted by Crippen LogP contribution is -2.07. The standard InChI is InChI=1S/C8H11Br2NS/c1-2-3-6(11)7-4-5(9)8(10)12-7/h4,6H,2-3,11H2,1H3. The maximum absolute atomic E-state index is 5.96. The van der Waals surface area contributed by atoms with Crippen molar-refractivity contribution in [2.45, 2.75) is 25.8 Å². The van der Waals surface area contributed by atoms with Gasteiger partial charge in [-0.15, -0.1) is 11.3 Å². The Morgan fingerprint density at radius 1 is 1.58 bits per heavy atom. The highest BCUT2D eigenvalue weighted by molar-refractivity contribution is 9.13. The smallest absolute Gasteiger partial charge is 0.0843 e. The molecule has 0 radical (unpaired) electrons. The Morgan fingerprint density at radius 3 is 2.67 bits per heavy atom. The fraction of sp³-hybridized carbons (Fsp3) is 0.500. The molecule has 1 atom stereocenters. The molecule has 68 valence electrons. The van der Waals surface area contributed by atoms with Crippen molar-refractivity contribution >= 4 is 43.2 Å². The second kappa shape index (κ2) is 4.74. The van der Waals surface area contributed by atoms with Gasteiger partial charge in [-0.1, -0.05) is 13.3 Å². The second-order valence-electron chi connectivity index (χ2n) is 2.67.